The number of carbonyl (C=O) groups excluding carboxylic acids is 1. The highest BCUT2D eigenvalue weighted by Gasteiger charge is 2.16. The van der Waals surface area contributed by atoms with E-state index >= 15 is 0 Å². The highest BCUT2D eigenvalue weighted by molar-refractivity contribution is 5.95. The molecule has 0 spiro atoms. The third-order valence-electron chi connectivity index (χ3n) is 3.94. The summed E-state index contributed by atoms with van der Waals surface area (Å²) in [4.78, 5) is 12.2. The van der Waals surface area contributed by atoms with Gasteiger partial charge in [0.15, 0.2) is 0 Å². The van der Waals surface area contributed by atoms with Crippen LogP contribution in [0, 0.1) is 5.82 Å². The second-order valence-corrected chi connectivity index (χ2v) is 5.51. The number of rotatable bonds is 7. The molecule has 4 nitrogen and oxygen atoms in total. The Morgan fingerprint density at radius 3 is 2.42 bits per heavy atom. The van der Waals surface area contributed by atoms with Gasteiger partial charge >= 0.3 is 0 Å². The number of ether oxygens (including phenoxy) is 1. The zero-order valence-corrected chi connectivity index (χ0v) is 13.9. The van der Waals surface area contributed by atoms with Crippen LogP contribution in [-0.2, 0) is 0 Å². The van der Waals surface area contributed by atoms with E-state index in [2.05, 4.69) is 5.32 Å². The molecule has 2 N–H and O–H groups in total. The lowest BCUT2D eigenvalue weighted by Gasteiger charge is -2.16. The lowest BCUT2D eigenvalue weighted by atomic mass is 10.0. The summed E-state index contributed by atoms with van der Waals surface area (Å²) < 4.78 is 19.4. The third-order valence-corrected chi connectivity index (χ3v) is 3.94. The van der Waals surface area contributed by atoms with Crippen molar-refractivity contribution in [3.05, 3.63) is 53.8 Å². The minimum absolute atomic E-state index is 0.00338. The molecule has 0 aliphatic carbocycles. The Morgan fingerprint density at radius 1 is 1.21 bits per heavy atom. The van der Waals surface area contributed by atoms with Crippen molar-refractivity contribution < 1.29 is 19.0 Å². The average molecular weight is 331 g/mol. The maximum absolute atomic E-state index is 14.3. The van der Waals surface area contributed by atoms with E-state index < -0.39 is 11.7 Å². The Kier molecular flexibility index (Phi) is 6.32. The maximum atomic E-state index is 14.3. The van der Waals surface area contributed by atoms with Gasteiger partial charge in [-0.05, 0) is 48.2 Å². The molecule has 5 heteroatoms. The van der Waals surface area contributed by atoms with Crippen molar-refractivity contribution in [2.24, 2.45) is 0 Å². The van der Waals surface area contributed by atoms with Crippen molar-refractivity contribution in [1.29, 1.82) is 0 Å². The van der Waals surface area contributed by atoms with Gasteiger partial charge in [0.25, 0.3) is 5.91 Å². The number of methoxy groups -OCH3 is 1. The van der Waals surface area contributed by atoms with Crippen LogP contribution in [0.3, 0.4) is 0 Å². The first-order valence-electron chi connectivity index (χ1n) is 7.94. The van der Waals surface area contributed by atoms with Gasteiger partial charge in [-0.25, -0.2) is 4.39 Å². The molecule has 128 valence electrons. The number of hydrogen-bond donors (Lipinski definition) is 2. The molecular formula is C19H22FNO3. The number of aliphatic hydroxyl groups excluding tert-OH is 1. The number of halogens is 1. The number of nitrogens with one attached hydrogen (secondary N) is 1. The van der Waals surface area contributed by atoms with Crippen LogP contribution in [0.4, 0.5) is 4.39 Å². The Hall–Kier alpha value is -2.40. The molecule has 0 saturated heterocycles. The van der Waals surface area contributed by atoms with Crippen molar-refractivity contribution in [1.82, 2.24) is 5.32 Å². The van der Waals surface area contributed by atoms with Crippen LogP contribution in [0.2, 0.25) is 0 Å². The molecule has 0 bridgehead atoms. The Labute approximate surface area is 141 Å². The van der Waals surface area contributed by atoms with E-state index in [1.807, 2.05) is 19.1 Å². The molecular weight excluding hydrogens is 309 g/mol. The summed E-state index contributed by atoms with van der Waals surface area (Å²) in [6.07, 6.45) is 1.13. The highest BCUT2D eigenvalue weighted by atomic mass is 19.1. The number of amides is 1. The summed E-state index contributed by atoms with van der Waals surface area (Å²) >= 11 is 0. The van der Waals surface area contributed by atoms with Crippen molar-refractivity contribution in [2.45, 2.75) is 25.8 Å². The van der Waals surface area contributed by atoms with Gasteiger partial charge in [0.1, 0.15) is 11.6 Å². The summed E-state index contributed by atoms with van der Waals surface area (Å²) in [5.74, 6) is -0.307. The molecule has 0 aliphatic rings. The molecule has 1 unspecified atom stereocenters. The molecule has 1 atom stereocenters. The van der Waals surface area contributed by atoms with E-state index in [0.717, 1.165) is 11.3 Å². The third kappa shape index (κ3) is 4.32. The molecule has 2 aromatic rings. The number of carbonyl (C=O) groups is 1. The largest absolute Gasteiger partial charge is 0.497 e. The van der Waals surface area contributed by atoms with Gasteiger partial charge < -0.3 is 15.2 Å². The van der Waals surface area contributed by atoms with Crippen LogP contribution in [0.5, 0.6) is 5.75 Å². The lowest BCUT2D eigenvalue weighted by Crippen LogP contribution is -2.35. The van der Waals surface area contributed by atoms with Crippen LogP contribution < -0.4 is 10.1 Å². The van der Waals surface area contributed by atoms with E-state index in [4.69, 9.17) is 9.84 Å². The van der Waals surface area contributed by atoms with Crippen LogP contribution in [0.1, 0.15) is 30.1 Å². The van der Waals surface area contributed by atoms with Gasteiger partial charge in [-0.2, -0.15) is 0 Å². The van der Waals surface area contributed by atoms with Crippen molar-refractivity contribution in [3.63, 3.8) is 0 Å². The minimum Gasteiger partial charge on any atom is -0.497 e. The molecule has 2 aromatic carbocycles. The summed E-state index contributed by atoms with van der Waals surface area (Å²) in [6, 6.07) is 11.7. The fourth-order valence-electron chi connectivity index (χ4n) is 2.46. The predicted octanol–water partition coefficient (Wildman–Crippen LogP) is 3.39. The van der Waals surface area contributed by atoms with Gasteiger partial charge in [0, 0.05) is 12.6 Å². The summed E-state index contributed by atoms with van der Waals surface area (Å²) in [7, 11) is 1.59. The molecule has 0 radical (unpaired) electrons. The van der Waals surface area contributed by atoms with Gasteiger partial charge in [0.05, 0.1) is 12.7 Å². The van der Waals surface area contributed by atoms with Crippen LogP contribution in [0.25, 0.3) is 11.1 Å². The fraction of sp³-hybridized carbons (Fsp3) is 0.316. The number of benzene rings is 2. The predicted molar refractivity (Wildman–Crippen MR) is 91.6 cm³/mol. The fourth-order valence-corrected chi connectivity index (χ4v) is 2.46. The average Bonchev–Trinajstić information content (AvgIpc) is 2.61. The zero-order chi connectivity index (χ0) is 17.5. The molecule has 0 saturated carbocycles. The molecule has 1 amide bonds. The summed E-state index contributed by atoms with van der Waals surface area (Å²) in [5.41, 5.74) is 1.53. The number of hydrogen-bond acceptors (Lipinski definition) is 3. The van der Waals surface area contributed by atoms with E-state index in [1.54, 1.807) is 25.3 Å². The van der Waals surface area contributed by atoms with E-state index in [-0.39, 0.29) is 18.2 Å². The standard InChI is InChI=1S/C19H22FNO3/c1-3-15(10-11-22)21-19(23)17-9-6-14(12-18(17)20)13-4-7-16(24-2)8-5-13/h4-9,12,15,22H,3,10-11H2,1-2H3,(H,21,23). The lowest BCUT2D eigenvalue weighted by molar-refractivity contribution is 0.0925. The van der Waals surface area contributed by atoms with E-state index in [9.17, 15) is 9.18 Å². The van der Waals surface area contributed by atoms with Crippen molar-refractivity contribution in [3.8, 4) is 16.9 Å². The maximum Gasteiger partial charge on any atom is 0.254 e. The molecule has 2 rings (SSSR count). The highest BCUT2D eigenvalue weighted by Crippen LogP contribution is 2.24. The molecule has 0 heterocycles. The molecule has 0 aromatic heterocycles. The SMILES string of the molecule is CCC(CCO)NC(=O)c1ccc(-c2ccc(OC)cc2)cc1F. The van der Waals surface area contributed by atoms with Crippen molar-refractivity contribution >= 4 is 5.91 Å². The smallest absolute Gasteiger partial charge is 0.254 e. The first kappa shape index (κ1) is 17.9. The first-order chi connectivity index (χ1) is 11.6. The Morgan fingerprint density at radius 2 is 1.88 bits per heavy atom. The first-order valence-corrected chi connectivity index (χ1v) is 7.94. The quantitative estimate of drug-likeness (QED) is 0.817. The van der Waals surface area contributed by atoms with Crippen LogP contribution in [-0.4, -0.2) is 30.8 Å². The van der Waals surface area contributed by atoms with Crippen LogP contribution >= 0.6 is 0 Å². The summed E-state index contributed by atoms with van der Waals surface area (Å²) in [6.45, 7) is 1.89. The molecule has 24 heavy (non-hydrogen) atoms. The second kappa shape index (κ2) is 8.45. The number of aliphatic hydroxyl groups is 1. The topological polar surface area (TPSA) is 58.6 Å². The molecule has 0 fully saturated rings. The second-order valence-electron chi connectivity index (χ2n) is 5.51. The molecule has 0 aliphatic heterocycles. The van der Waals surface area contributed by atoms with Gasteiger partial charge in [-0.15, -0.1) is 0 Å². The van der Waals surface area contributed by atoms with Gasteiger partial charge in [-0.1, -0.05) is 25.1 Å². The van der Waals surface area contributed by atoms with Gasteiger partial charge in [-0.3, -0.25) is 4.79 Å². The monoisotopic (exact) mass is 331 g/mol. The van der Waals surface area contributed by atoms with Crippen LogP contribution in [0.15, 0.2) is 42.5 Å². The Balaban J connectivity index is 2.17. The zero-order valence-electron chi connectivity index (χ0n) is 13.9. The van der Waals surface area contributed by atoms with E-state index in [0.29, 0.717) is 18.4 Å². The van der Waals surface area contributed by atoms with Crippen molar-refractivity contribution in [2.75, 3.05) is 13.7 Å². The Bertz CT molecular complexity index is 686. The van der Waals surface area contributed by atoms with E-state index in [1.165, 1.54) is 12.1 Å². The van der Waals surface area contributed by atoms with Gasteiger partial charge in [0.2, 0.25) is 0 Å². The summed E-state index contributed by atoms with van der Waals surface area (Å²) in [5, 5.41) is 11.7. The normalized spacial score (nSPS) is 11.8. The minimum atomic E-state index is -0.570.